The summed E-state index contributed by atoms with van der Waals surface area (Å²) < 4.78 is 0. The monoisotopic (exact) mass is 426 g/mol. The first kappa shape index (κ1) is 16.1. The van der Waals surface area contributed by atoms with Crippen molar-refractivity contribution >= 4 is 17.0 Å². The van der Waals surface area contributed by atoms with Gasteiger partial charge in [-0.1, -0.05) is 0 Å². The largest absolute Gasteiger partial charge is 0 e. The Hall–Kier alpha value is 3.22. The van der Waals surface area contributed by atoms with Gasteiger partial charge in [0.25, 0.3) is 0 Å². The molecule has 0 amide bonds. The zero-order chi connectivity index (χ0) is 3.41. The van der Waals surface area contributed by atoms with Crippen LogP contribution in [0.4, 0.5) is 0 Å². The Kier molecular flexibility index (Phi) is 42.2. The van der Waals surface area contributed by atoms with Crippen molar-refractivity contribution in [3.05, 3.63) is 0 Å². The summed E-state index contributed by atoms with van der Waals surface area (Å²) in [5.41, 5.74) is 0. The predicted molar refractivity (Wildman–Crippen MR) is 15.2 cm³/mol. The first-order chi connectivity index (χ1) is 1.91. The second-order valence-electron chi connectivity index (χ2n) is 0.136. The van der Waals surface area contributed by atoms with Crippen molar-refractivity contribution in [2.75, 3.05) is 0 Å². The zero-order valence-corrected chi connectivity index (χ0v) is 10.5. The molecule has 0 N–H and O–H groups in total. The summed E-state index contributed by atoms with van der Waals surface area (Å²) in [4.78, 5) is 0. The van der Waals surface area contributed by atoms with Crippen molar-refractivity contribution in [3.8, 4) is 0 Å². The molecule has 0 nitrogen and oxygen atoms in total. The molecule has 2 radical (unpaired) electrons. The molecule has 0 aliphatic carbocycles. The Morgan fingerprint density at radius 1 is 1.00 bits per heavy atom. The molecule has 0 aromatic carbocycles. The normalized spacial score (nSPS) is 4.67. The second-order valence-corrected chi connectivity index (χ2v) is 7.25. The van der Waals surface area contributed by atoms with Crippen LogP contribution in [0.5, 0.6) is 0 Å². The maximum atomic E-state index is 2.01. The topological polar surface area (TPSA) is 0 Å². The van der Waals surface area contributed by atoms with Gasteiger partial charge in [-0.2, -0.15) is 0 Å². The maximum absolute atomic E-state index is 2.01. The third kappa shape index (κ3) is 15.7. The average molecular weight is 422 g/mol. The molecule has 0 fully saturated rings. The van der Waals surface area contributed by atoms with Crippen molar-refractivity contribution in [2.45, 2.75) is 0 Å². The van der Waals surface area contributed by atoms with Crippen LogP contribution < -0.4 is 0 Å². The SMILES string of the molecule is [Cu].[Mo][S][S][Mo].[Rh]. The van der Waals surface area contributed by atoms with Gasteiger partial charge in [-0.15, -0.1) is 0 Å². The number of hydrogen-bond acceptors (Lipinski definition) is 2. The fraction of sp³-hybridized carbons (Fsp3) is 0. The second kappa shape index (κ2) is 15.7. The van der Waals surface area contributed by atoms with E-state index in [2.05, 4.69) is 0 Å². The van der Waals surface area contributed by atoms with E-state index < -0.39 is 0 Å². The Morgan fingerprint density at radius 3 is 1.17 bits per heavy atom. The van der Waals surface area contributed by atoms with Crippen LogP contribution in [0, 0.1) is 0 Å². The van der Waals surface area contributed by atoms with Gasteiger partial charge in [-0.3, -0.25) is 0 Å². The molecule has 6 heteroatoms. The van der Waals surface area contributed by atoms with E-state index in [0.29, 0.717) is 0 Å². The van der Waals surface area contributed by atoms with Gasteiger partial charge < -0.3 is 0 Å². The molecule has 0 unspecified atom stereocenters. The molecule has 0 atom stereocenters. The molecule has 6 heavy (non-hydrogen) atoms. The molecule has 0 aliphatic heterocycles. The van der Waals surface area contributed by atoms with E-state index in [4.69, 9.17) is 0 Å². The molecule has 0 aromatic heterocycles. The number of hydrogen-bond donors (Lipinski definition) is 0. The van der Waals surface area contributed by atoms with Crippen molar-refractivity contribution < 1.29 is 73.6 Å². The number of rotatable bonds is 1. The minimum Gasteiger partial charge on any atom is 0 e. The van der Waals surface area contributed by atoms with Gasteiger partial charge in [0.1, 0.15) is 0 Å². The zero-order valence-electron chi connectivity index (χ0n) is 2.27. The molecular formula is CuMo2RhS2. The molecular weight excluding hydrogens is 422 g/mol. The van der Waals surface area contributed by atoms with E-state index >= 15 is 0 Å². The van der Waals surface area contributed by atoms with E-state index in [1.165, 1.54) is 0 Å². The first-order valence-electron chi connectivity index (χ1n) is 0.500. The fourth-order valence-corrected chi connectivity index (χ4v) is 0. The quantitative estimate of drug-likeness (QED) is 0.462. The van der Waals surface area contributed by atoms with Gasteiger partial charge in [0.05, 0.1) is 0 Å². The molecule has 0 rings (SSSR count). The summed E-state index contributed by atoms with van der Waals surface area (Å²) in [5, 5.41) is 0. The minimum absolute atomic E-state index is 0. The van der Waals surface area contributed by atoms with Crippen LogP contribution in [0.15, 0.2) is 0 Å². The molecule has 0 aromatic rings. The van der Waals surface area contributed by atoms with Crippen molar-refractivity contribution in [3.63, 3.8) is 0 Å². The predicted octanol–water partition coefficient (Wildman–Crippen LogP) is 1.29. The summed E-state index contributed by atoms with van der Waals surface area (Å²) in [6, 6.07) is 0. The van der Waals surface area contributed by atoms with Crippen LogP contribution in [0.3, 0.4) is 0 Å². The van der Waals surface area contributed by atoms with E-state index in [1.807, 2.05) is 37.1 Å². The molecule has 44 valence electrons. The van der Waals surface area contributed by atoms with Crippen LogP contribution in [0.25, 0.3) is 0 Å². The molecule has 0 spiro atoms. The van der Waals surface area contributed by atoms with Crippen molar-refractivity contribution in [1.29, 1.82) is 0 Å². The third-order valence-corrected chi connectivity index (χ3v) is 8.75. The van der Waals surface area contributed by atoms with Gasteiger partial charge in [0.2, 0.25) is 0 Å². The first-order valence-corrected chi connectivity index (χ1v) is 7.42. The average Bonchev–Trinajstić information content (AvgIpc) is 1.37. The standard InChI is InChI=1S/Cu.2Mo.Rh.S2/c;;;;1-2/q;2*+1;;-2. The summed E-state index contributed by atoms with van der Waals surface area (Å²) in [7, 11) is 3.58. The van der Waals surface area contributed by atoms with E-state index in [-0.39, 0.29) is 36.5 Å². The van der Waals surface area contributed by atoms with Crippen LogP contribution in [0.1, 0.15) is 0 Å². The van der Waals surface area contributed by atoms with Gasteiger partial charge >= 0.3 is 54.1 Å². The van der Waals surface area contributed by atoms with Crippen LogP contribution in [-0.2, 0) is 73.6 Å². The maximum Gasteiger partial charge on any atom is 0 e. The van der Waals surface area contributed by atoms with Crippen LogP contribution in [0.2, 0.25) is 0 Å². The van der Waals surface area contributed by atoms with Crippen molar-refractivity contribution in [1.82, 2.24) is 0 Å². The van der Waals surface area contributed by atoms with Crippen LogP contribution >= 0.6 is 17.0 Å². The molecule has 0 heterocycles. The van der Waals surface area contributed by atoms with E-state index in [1.54, 1.807) is 17.0 Å². The third-order valence-electron chi connectivity index (χ3n) is 0.0278. The van der Waals surface area contributed by atoms with Gasteiger partial charge in [0, 0.05) is 36.5 Å². The fourth-order valence-electron chi connectivity index (χ4n) is 0. The Morgan fingerprint density at radius 2 is 1.17 bits per heavy atom. The van der Waals surface area contributed by atoms with Gasteiger partial charge in [0.15, 0.2) is 0 Å². The van der Waals surface area contributed by atoms with Crippen molar-refractivity contribution in [2.24, 2.45) is 0 Å². The van der Waals surface area contributed by atoms with Gasteiger partial charge in [-0.05, 0) is 0 Å². The van der Waals surface area contributed by atoms with Gasteiger partial charge in [-0.25, -0.2) is 0 Å². The molecule has 0 bridgehead atoms. The van der Waals surface area contributed by atoms with E-state index in [0.717, 1.165) is 0 Å². The summed E-state index contributed by atoms with van der Waals surface area (Å²) in [6.07, 6.45) is 0. The van der Waals surface area contributed by atoms with E-state index in [9.17, 15) is 0 Å². The molecule has 0 saturated heterocycles. The Balaban J connectivity index is -0.0000000450. The summed E-state index contributed by atoms with van der Waals surface area (Å²) >= 11 is 4.01. The van der Waals surface area contributed by atoms with Crippen LogP contribution in [-0.4, -0.2) is 0 Å². The summed E-state index contributed by atoms with van der Waals surface area (Å²) in [5.74, 6) is 0. The smallest absolute Gasteiger partial charge is 0 e. The summed E-state index contributed by atoms with van der Waals surface area (Å²) in [6.45, 7) is 0. The minimum atomic E-state index is 0. The molecule has 0 saturated carbocycles. The Labute approximate surface area is 89.0 Å². The molecule has 0 aliphatic rings. The Bertz CT molecular complexity index is 13.5.